The van der Waals surface area contributed by atoms with E-state index in [9.17, 15) is 4.79 Å². The fourth-order valence-electron chi connectivity index (χ4n) is 5.29. The predicted octanol–water partition coefficient (Wildman–Crippen LogP) is 2.19. The summed E-state index contributed by atoms with van der Waals surface area (Å²) in [6.45, 7) is 6.67. The van der Waals surface area contributed by atoms with Crippen molar-refractivity contribution < 1.29 is 14.3 Å². The number of amides is 1. The predicted molar refractivity (Wildman–Crippen MR) is 108 cm³/mol. The van der Waals surface area contributed by atoms with E-state index in [1.54, 1.807) is 6.07 Å². The fourth-order valence-corrected chi connectivity index (χ4v) is 5.51. The number of carbonyl (C=O) groups is 1. The first-order valence-electron chi connectivity index (χ1n) is 10.4. The monoisotopic (exact) mass is 405 g/mol. The molecule has 0 bridgehead atoms. The highest BCUT2D eigenvalue weighted by Gasteiger charge is 2.55. The van der Waals surface area contributed by atoms with Gasteiger partial charge in [0.25, 0.3) is 5.91 Å². The Bertz CT molecular complexity index is 769. The quantitative estimate of drug-likeness (QED) is 0.734. The maximum atomic E-state index is 12.8. The number of nitrogens with zero attached hydrogens (tertiary/aromatic N) is 1. The largest absolute Gasteiger partial charge is 0.492 e. The van der Waals surface area contributed by atoms with Crippen molar-refractivity contribution in [1.82, 2.24) is 10.2 Å². The lowest BCUT2D eigenvalue weighted by molar-refractivity contribution is 0.0944. The summed E-state index contributed by atoms with van der Waals surface area (Å²) in [7, 11) is 0. The van der Waals surface area contributed by atoms with Crippen molar-refractivity contribution in [3.05, 3.63) is 22.2 Å². The number of halogens is 1. The second-order valence-corrected chi connectivity index (χ2v) is 9.14. The Morgan fingerprint density at radius 3 is 2.89 bits per heavy atom. The van der Waals surface area contributed by atoms with Crippen LogP contribution >= 0.6 is 11.6 Å². The fraction of sp³-hybridized carbons (Fsp3) is 0.667. The second kappa shape index (κ2) is 7.39. The molecule has 4 aliphatic rings. The van der Waals surface area contributed by atoms with Gasteiger partial charge in [-0.25, -0.2) is 0 Å². The van der Waals surface area contributed by atoms with Crippen LogP contribution in [0.5, 0.6) is 5.75 Å². The topological polar surface area (TPSA) is 76.8 Å². The number of fused-ring (bicyclic) bond motifs is 2. The Kier molecular flexibility index (Phi) is 4.89. The number of nitrogen functional groups attached to an aromatic ring is 1. The molecule has 0 spiro atoms. The van der Waals surface area contributed by atoms with E-state index in [1.807, 2.05) is 0 Å². The summed E-state index contributed by atoms with van der Waals surface area (Å²) in [5.74, 6) is 3.26. The van der Waals surface area contributed by atoms with Gasteiger partial charge in [0.05, 0.1) is 29.5 Å². The van der Waals surface area contributed by atoms with Crippen LogP contribution in [0.15, 0.2) is 6.07 Å². The van der Waals surface area contributed by atoms with E-state index in [0.29, 0.717) is 40.5 Å². The van der Waals surface area contributed by atoms with Gasteiger partial charge < -0.3 is 25.4 Å². The molecular formula is C21H28ClN3O3. The molecule has 6 nitrogen and oxygen atoms in total. The Morgan fingerprint density at radius 1 is 1.32 bits per heavy atom. The zero-order valence-electron chi connectivity index (χ0n) is 16.1. The lowest BCUT2D eigenvalue weighted by Crippen LogP contribution is -2.33. The molecule has 3 unspecified atom stereocenters. The van der Waals surface area contributed by atoms with Gasteiger partial charge in [-0.05, 0) is 49.0 Å². The Labute approximate surface area is 170 Å². The average Bonchev–Trinajstić information content (AvgIpc) is 3.08. The molecule has 3 atom stereocenters. The lowest BCUT2D eigenvalue weighted by atomic mass is 9.99. The molecule has 3 aliphatic heterocycles. The lowest BCUT2D eigenvalue weighted by Gasteiger charge is -2.23. The molecule has 1 aliphatic carbocycles. The van der Waals surface area contributed by atoms with Gasteiger partial charge in [-0.3, -0.25) is 4.79 Å². The SMILES string of the molecule is Nc1c(Cl)cc(C(=O)NCC2C3CN(CC4CCOC4)CC23)c2c1CCCO2. The first-order chi connectivity index (χ1) is 13.6. The van der Waals surface area contributed by atoms with Gasteiger partial charge in [0.2, 0.25) is 0 Å². The highest BCUT2D eigenvalue weighted by atomic mass is 35.5. The molecular weight excluding hydrogens is 378 g/mol. The minimum absolute atomic E-state index is 0.106. The Morgan fingerprint density at radius 2 is 2.14 bits per heavy atom. The Hall–Kier alpha value is -1.50. The summed E-state index contributed by atoms with van der Waals surface area (Å²) in [4.78, 5) is 15.4. The molecule has 7 heteroatoms. The number of ether oxygens (including phenoxy) is 2. The molecule has 1 amide bonds. The van der Waals surface area contributed by atoms with Crippen molar-refractivity contribution >= 4 is 23.2 Å². The number of nitrogens with one attached hydrogen (secondary N) is 1. The number of anilines is 1. The van der Waals surface area contributed by atoms with Crippen molar-refractivity contribution in [3.8, 4) is 5.75 Å². The maximum absolute atomic E-state index is 12.8. The van der Waals surface area contributed by atoms with Crippen LogP contribution < -0.4 is 15.8 Å². The molecule has 2 saturated heterocycles. The summed E-state index contributed by atoms with van der Waals surface area (Å²) in [5, 5.41) is 3.55. The molecule has 0 radical (unpaired) electrons. The standard InChI is InChI=1S/C21H28ClN3O3/c22-18-6-14(20-13(19(18)23)2-1-4-28-20)21(26)24-7-15-16-9-25(10-17(15)16)8-12-3-5-27-11-12/h6,12,15-17H,1-5,7-11,23H2,(H,24,26). The zero-order chi connectivity index (χ0) is 19.3. The number of hydrogen-bond donors (Lipinski definition) is 2. The van der Waals surface area contributed by atoms with Crippen molar-refractivity contribution in [2.24, 2.45) is 23.7 Å². The van der Waals surface area contributed by atoms with Gasteiger partial charge >= 0.3 is 0 Å². The van der Waals surface area contributed by atoms with E-state index >= 15 is 0 Å². The number of carbonyl (C=O) groups excluding carboxylic acids is 1. The van der Waals surface area contributed by atoms with Crippen LogP contribution in [0.3, 0.4) is 0 Å². The van der Waals surface area contributed by atoms with E-state index in [0.717, 1.165) is 63.1 Å². The van der Waals surface area contributed by atoms with E-state index in [2.05, 4.69) is 10.2 Å². The van der Waals surface area contributed by atoms with E-state index < -0.39 is 0 Å². The summed E-state index contributed by atoms with van der Waals surface area (Å²) >= 11 is 6.26. The molecule has 1 aromatic rings. The number of benzene rings is 1. The number of nitrogens with two attached hydrogens (primary N) is 1. The second-order valence-electron chi connectivity index (χ2n) is 8.73. The highest BCUT2D eigenvalue weighted by Crippen LogP contribution is 2.51. The van der Waals surface area contributed by atoms with Crippen molar-refractivity contribution in [3.63, 3.8) is 0 Å². The van der Waals surface area contributed by atoms with E-state index in [-0.39, 0.29) is 5.91 Å². The normalized spacial score (nSPS) is 31.2. The average molecular weight is 406 g/mol. The van der Waals surface area contributed by atoms with E-state index in [4.69, 9.17) is 26.8 Å². The molecule has 3 fully saturated rings. The molecule has 0 aromatic heterocycles. The third-order valence-electron chi connectivity index (χ3n) is 6.92. The number of rotatable bonds is 5. The molecule has 152 valence electrons. The summed E-state index contributed by atoms with van der Waals surface area (Å²) in [6.07, 6.45) is 2.89. The molecule has 3 N–H and O–H groups in total. The van der Waals surface area contributed by atoms with Crippen molar-refractivity contribution in [2.45, 2.75) is 19.3 Å². The summed E-state index contributed by atoms with van der Waals surface area (Å²) < 4.78 is 11.3. The van der Waals surface area contributed by atoms with Crippen LogP contribution in [0.4, 0.5) is 5.69 Å². The van der Waals surface area contributed by atoms with Gasteiger partial charge in [0.15, 0.2) is 0 Å². The smallest absolute Gasteiger partial charge is 0.255 e. The van der Waals surface area contributed by atoms with Gasteiger partial charge in [-0.1, -0.05) is 11.6 Å². The summed E-state index contributed by atoms with van der Waals surface area (Å²) in [5.41, 5.74) is 8.01. The van der Waals surface area contributed by atoms with Crippen molar-refractivity contribution in [2.75, 3.05) is 51.7 Å². The maximum Gasteiger partial charge on any atom is 0.255 e. The van der Waals surface area contributed by atoms with Crippen molar-refractivity contribution in [1.29, 1.82) is 0 Å². The number of likely N-dealkylation sites (tertiary alicyclic amines) is 1. The van der Waals surface area contributed by atoms with Gasteiger partial charge in [-0.15, -0.1) is 0 Å². The Balaban J connectivity index is 1.16. The first-order valence-corrected chi connectivity index (χ1v) is 10.8. The molecule has 1 aromatic carbocycles. The highest BCUT2D eigenvalue weighted by molar-refractivity contribution is 6.33. The summed E-state index contributed by atoms with van der Waals surface area (Å²) in [6, 6.07) is 1.65. The molecule has 5 rings (SSSR count). The third-order valence-corrected chi connectivity index (χ3v) is 7.23. The van der Waals surface area contributed by atoms with Crippen LogP contribution in [-0.2, 0) is 11.2 Å². The molecule has 28 heavy (non-hydrogen) atoms. The van der Waals surface area contributed by atoms with Gasteiger partial charge in [0, 0.05) is 38.3 Å². The van der Waals surface area contributed by atoms with Crippen LogP contribution in [0.2, 0.25) is 5.02 Å². The third kappa shape index (κ3) is 3.36. The van der Waals surface area contributed by atoms with Crippen LogP contribution in [-0.4, -0.2) is 56.8 Å². The minimum atomic E-state index is -0.106. The van der Waals surface area contributed by atoms with Crippen LogP contribution in [0.1, 0.15) is 28.8 Å². The number of hydrogen-bond acceptors (Lipinski definition) is 5. The zero-order valence-corrected chi connectivity index (χ0v) is 16.8. The van der Waals surface area contributed by atoms with Gasteiger partial charge in [0.1, 0.15) is 5.75 Å². The van der Waals surface area contributed by atoms with E-state index in [1.165, 1.54) is 13.0 Å². The van der Waals surface area contributed by atoms with Crippen LogP contribution in [0, 0.1) is 23.7 Å². The number of piperidine rings is 1. The van der Waals surface area contributed by atoms with Crippen LogP contribution in [0.25, 0.3) is 0 Å². The van der Waals surface area contributed by atoms with Gasteiger partial charge in [-0.2, -0.15) is 0 Å². The minimum Gasteiger partial charge on any atom is -0.492 e. The first kappa shape index (κ1) is 18.5. The molecule has 1 saturated carbocycles. The molecule has 3 heterocycles.